The second-order valence-electron chi connectivity index (χ2n) is 5.71. The molecule has 1 atom stereocenters. The lowest BCUT2D eigenvalue weighted by Crippen LogP contribution is -2.03. The van der Waals surface area contributed by atoms with Gasteiger partial charge in [-0.1, -0.05) is 82.6 Å². The van der Waals surface area contributed by atoms with Crippen molar-refractivity contribution in [3.05, 3.63) is 35.4 Å². The first-order valence-corrected chi connectivity index (χ1v) is 8.15. The smallest absolute Gasteiger partial charge is 0.118 e. The minimum Gasteiger partial charge on any atom is -0.251 e. The van der Waals surface area contributed by atoms with Crippen LogP contribution in [0.5, 0.6) is 0 Å². The standard InChI is InChI=1S/C18H30O2/c1-3-4-5-6-7-8-9-10-15-18(20-19)17-14-12-11-13-16(17)2/h11-14,18-19H,3-10,15H2,1-2H3. The average molecular weight is 278 g/mol. The molecule has 2 heteroatoms. The van der Waals surface area contributed by atoms with Crippen LogP contribution in [-0.4, -0.2) is 5.26 Å². The van der Waals surface area contributed by atoms with Crippen molar-refractivity contribution in [2.24, 2.45) is 0 Å². The second-order valence-corrected chi connectivity index (χ2v) is 5.71. The molecule has 114 valence electrons. The third-order valence-electron chi connectivity index (χ3n) is 3.98. The summed E-state index contributed by atoms with van der Waals surface area (Å²) in [5.74, 6) is 0. The van der Waals surface area contributed by atoms with Crippen LogP contribution < -0.4 is 0 Å². The monoisotopic (exact) mass is 278 g/mol. The van der Waals surface area contributed by atoms with E-state index in [9.17, 15) is 0 Å². The van der Waals surface area contributed by atoms with Gasteiger partial charge < -0.3 is 0 Å². The average Bonchev–Trinajstić information content (AvgIpc) is 2.47. The number of unbranched alkanes of at least 4 members (excludes halogenated alkanes) is 7. The Balaban J connectivity index is 2.18. The Hall–Kier alpha value is -0.860. The molecule has 0 fully saturated rings. The summed E-state index contributed by atoms with van der Waals surface area (Å²) in [7, 11) is 0. The van der Waals surface area contributed by atoms with Gasteiger partial charge in [0.15, 0.2) is 0 Å². The topological polar surface area (TPSA) is 29.5 Å². The first kappa shape index (κ1) is 17.2. The van der Waals surface area contributed by atoms with E-state index in [0.717, 1.165) is 18.4 Å². The van der Waals surface area contributed by atoms with Crippen molar-refractivity contribution in [2.75, 3.05) is 0 Å². The zero-order chi connectivity index (χ0) is 14.6. The Morgan fingerprint density at radius 3 is 2.15 bits per heavy atom. The fourth-order valence-electron chi connectivity index (χ4n) is 2.68. The minimum absolute atomic E-state index is 0.170. The van der Waals surface area contributed by atoms with Crippen LogP contribution in [-0.2, 0) is 4.89 Å². The summed E-state index contributed by atoms with van der Waals surface area (Å²) in [6, 6.07) is 8.13. The summed E-state index contributed by atoms with van der Waals surface area (Å²) in [5.41, 5.74) is 2.30. The fraction of sp³-hybridized carbons (Fsp3) is 0.667. The molecule has 0 aliphatic rings. The van der Waals surface area contributed by atoms with Crippen LogP contribution in [0.2, 0.25) is 0 Å². The maximum absolute atomic E-state index is 9.10. The van der Waals surface area contributed by atoms with Gasteiger partial charge in [0.1, 0.15) is 6.10 Å². The SMILES string of the molecule is CCCCCCCCCCC(OO)c1ccccc1C. The lowest BCUT2D eigenvalue weighted by Gasteiger charge is -2.15. The van der Waals surface area contributed by atoms with Crippen LogP contribution in [0.1, 0.15) is 81.9 Å². The van der Waals surface area contributed by atoms with Gasteiger partial charge in [-0.25, -0.2) is 4.89 Å². The molecule has 0 saturated carbocycles. The predicted octanol–water partition coefficient (Wildman–Crippen LogP) is 6.06. The van der Waals surface area contributed by atoms with Crippen molar-refractivity contribution >= 4 is 0 Å². The van der Waals surface area contributed by atoms with Crippen LogP contribution in [0, 0.1) is 6.92 Å². The molecular formula is C18H30O2. The highest BCUT2D eigenvalue weighted by Crippen LogP contribution is 2.26. The molecule has 1 aromatic carbocycles. The van der Waals surface area contributed by atoms with Crippen molar-refractivity contribution in [1.82, 2.24) is 0 Å². The van der Waals surface area contributed by atoms with Crippen LogP contribution in [0.25, 0.3) is 0 Å². The highest BCUT2D eigenvalue weighted by atomic mass is 17.1. The highest BCUT2D eigenvalue weighted by Gasteiger charge is 2.13. The van der Waals surface area contributed by atoms with Gasteiger partial charge in [0, 0.05) is 0 Å². The van der Waals surface area contributed by atoms with E-state index in [1.54, 1.807) is 0 Å². The van der Waals surface area contributed by atoms with E-state index in [0.29, 0.717) is 0 Å². The molecule has 0 aromatic heterocycles. The highest BCUT2D eigenvalue weighted by molar-refractivity contribution is 5.27. The van der Waals surface area contributed by atoms with E-state index in [1.807, 2.05) is 18.2 Å². The fourth-order valence-corrected chi connectivity index (χ4v) is 2.68. The van der Waals surface area contributed by atoms with Gasteiger partial charge >= 0.3 is 0 Å². The Labute approximate surface area is 124 Å². The lowest BCUT2D eigenvalue weighted by molar-refractivity contribution is -0.283. The molecule has 1 unspecified atom stereocenters. The van der Waals surface area contributed by atoms with E-state index in [1.165, 1.54) is 50.5 Å². The summed E-state index contributed by atoms with van der Waals surface area (Å²) in [5, 5.41) is 9.10. The molecule has 0 spiro atoms. The lowest BCUT2D eigenvalue weighted by atomic mass is 9.98. The number of aryl methyl sites for hydroxylation is 1. The van der Waals surface area contributed by atoms with Crippen LogP contribution in [0.4, 0.5) is 0 Å². The summed E-state index contributed by atoms with van der Waals surface area (Å²) >= 11 is 0. The number of rotatable bonds is 11. The molecule has 0 amide bonds. The van der Waals surface area contributed by atoms with E-state index < -0.39 is 0 Å². The van der Waals surface area contributed by atoms with E-state index >= 15 is 0 Å². The molecule has 0 saturated heterocycles. The molecule has 1 N–H and O–H groups in total. The van der Waals surface area contributed by atoms with Crippen molar-refractivity contribution in [2.45, 2.75) is 77.7 Å². The largest absolute Gasteiger partial charge is 0.251 e. The molecule has 0 heterocycles. The molecule has 1 aromatic rings. The number of hydrogen-bond acceptors (Lipinski definition) is 2. The first-order valence-electron chi connectivity index (χ1n) is 8.15. The molecule has 0 radical (unpaired) electrons. The maximum atomic E-state index is 9.10. The maximum Gasteiger partial charge on any atom is 0.118 e. The first-order chi connectivity index (χ1) is 9.79. The normalized spacial score (nSPS) is 12.6. The van der Waals surface area contributed by atoms with Crippen LogP contribution in [0.3, 0.4) is 0 Å². The summed E-state index contributed by atoms with van der Waals surface area (Å²) in [6.45, 7) is 4.32. The van der Waals surface area contributed by atoms with Crippen molar-refractivity contribution < 1.29 is 10.1 Å². The van der Waals surface area contributed by atoms with Crippen LogP contribution in [0.15, 0.2) is 24.3 Å². The van der Waals surface area contributed by atoms with Crippen molar-refractivity contribution in [3.8, 4) is 0 Å². The van der Waals surface area contributed by atoms with Crippen molar-refractivity contribution in [3.63, 3.8) is 0 Å². The molecule has 0 aliphatic carbocycles. The zero-order valence-corrected chi connectivity index (χ0v) is 13.1. The molecule has 0 aliphatic heterocycles. The van der Waals surface area contributed by atoms with Crippen LogP contribution >= 0.6 is 0 Å². The Bertz CT molecular complexity index is 349. The molecule has 0 bridgehead atoms. The summed E-state index contributed by atoms with van der Waals surface area (Å²) < 4.78 is 0. The Morgan fingerprint density at radius 2 is 1.55 bits per heavy atom. The Kier molecular flexibility index (Phi) is 9.35. The summed E-state index contributed by atoms with van der Waals surface area (Å²) in [6.07, 6.45) is 11.1. The molecular weight excluding hydrogens is 248 g/mol. The van der Waals surface area contributed by atoms with E-state index in [4.69, 9.17) is 5.26 Å². The van der Waals surface area contributed by atoms with Gasteiger partial charge in [-0.2, -0.15) is 0 Å². The van der Waals surface area contributed by atoms with Gasteiger partial charge in [0.2, 0.25) is 0 Å². The molecule has 1 rings (SSSR count). The Morgan fingerprint density at radius 1 is 0.950 bits per heavy atom. The van der Waals surface area contributed by atoms with Gasteiger partial charge in [0.25, 0.3) is 0 Å². The van der Waals surface area contributed by atoms with Crippen molar-refractivity contribution in [1.29, 1.82) is 0 Å². The number of benzene rings is 1. The van der Waals surface area contributed by atoms with Gasteiger partial charge in [-0.15, -0.1) is 0 Å². The third-order valence-corrected chi connectivity index (χ3v) is 3.98. The molecule has 2 nitrogen and oxygen atoms in total. The van der Waals surface area contributed by atoms with Gasteiger partial charge in [-0.3, -0.25) is 5.26 Å². The molecule has 20 heavy (non-hydrogen) atoms. The van der Waals surface area contributed by atoms with E-state index in [-0.39, 0.29) is 6.10 Å². The zero-order valence-electron chi connectivity index (χ0n) is 13.1. The van der Waals surface area contributed by atoms with E-state index in [2.05, 4.69) is 24.8 Å². The second kappa shape index (κ2) is 10.9. The van der Waals surface area contributed by atoms with Gasteiger partial charge in [0.05, 0.1) is 0 Å². The number of hydrogen-bond donors (Lipinski definition) is 1. The third kappa shape index (κ3) is 6.53. The minimum atomic E-state index is -0.170. The van der Waals surface area contributed by atoms with Gasteiger partial charge in [-0.05, 0) is 24.5 Å². The quantitative estimate of drug-likeness (QED) is 0.303. The predicted molar refractivity (Wildman–Crippen MR) is 84.9 cm³/mol. The summed E-state index contributed by atoms with van der Waals surface area (Å²) in [4.78, 5) is 4.68.